The number of carbonyl (C=O) groups is 2. The van der Waals surface area contributed by atoms with Crippen LogP contribution in [-0.4, -0.2) is 61.1 Å². The minimum absolute atomic E-state index is 0.171. The van der Waals surface area contributed by atoms with Gasteiger partial charge in [0.2, 0.25) is 0 Å². The molecule has 0 saturated carbocycles. The van der Waals surface area contributed by atoms with E-state index in [9.17, 15) is 48.7 Å². The molecule has 0 aliphatic carbocycles. The number of likely N-dealkylation sites (N-methyl/N-ethyl adjacent to an activating group) is 1. The van der Waals surface area contributed by atoms with Crippen molar-refractivity contribution in [2.75, 3.05) is 13.2 Å². The molecule has 28 heavy (non-hydrogen) atoms. The van der Waals surface area contributed by atoms with Crippen LogP contribution in [0.2, 0.25) is 0 Å². The molecule has 1 amide bonds. The Morgan fingerprint density at radius 3 is 2.00 bits per heavy atom. The topological polar surface area (TPSA) is 119 Å². The van der Waals surface area contributed by atoms with Crippen LogP contribution >= 0.6 is 0 Å². The van der Waals surface area contributed by atoms with Gasteiger partial charge >= 0.3 is 45.1 Å². The standard InChI is InChI=1S/C12H14F7NO7S/c1-3-7(21)27-10(11(15,16)17,8(22)20-4-2)26-6-5-9(13,14)12(18,19)28(23,24)25/h3H,1,4-6H2,2H3,(H,20,22)(H,23,24,25). The highest BCUT2D eigenvalue weighted by Gasteiger charge is 2.68. The van der Waals surface area contributed by atoms with Crippen molar-refractivity contribution in [3.05, 3.63) is 12.7 Å². The van der Waals surface area contributed by atoms with Gasteiger partial charge in [0.05, 0.1) is 6.61 Å². The van der Waals surface area contributed by atoms with E-state index in [4.69, 9.17) is 4.55 Å². The minimum atomic E-state index is -6.64. The summed E-state index contributed by atoms with van der Waals surface area (Å²) in [6, 6.07) is 0. The number of halogens is 7. The lowest BCUT2D eigenvalue weighted by Crippen LogP contribution is -2.61. The molecule has 0 aromatic heterocycles. The van der Waals surface area contributed by atoms with Gasteiger partial charge in [0.15, 0.2) is 0 Å². The zero-order valence-electron chi connectivity index (χ0n) is 13.9. The van der Waals surface area contributed by atoms with Crippen molar-refractivity contribution in [1.29, 1.82) is 0 Å². The van der Waals surface area contributed by atoms with Gasteiger partial charge in [-0.3, -0.25) is 9.35 Å². The molecule has 2 N–H and O–H groups in total. The average Bonchev–Trinajstić information content (AvgIpc) is 2.51. The molecule has 0 spiro atoms. The SMILES string of the molecule is C=CC(=O)OC(OCCC(F)(F)C(F)(F)S(=O)(=O)O)(C(=O)NCC)C(F)(F)F. The van der Waals surface area contributed by atoms with Gasteiger partial charge in [-0.1, -0.05) is 6.58 Å². The molecule has 0 bridgehead atoms. The fourth-order valence-electron chi connectivity index (χ4n) is 1.53. The third-order valence-electron chi connectivity index (χ3n) is 2.89. The normalized spacial score (nSPS) is 15.5. The first kappa shape index (κ1) is 26.1. The molecule has 164 valence electrons. The van der Waals surface area contributed by atoms with E-state index in [-0.39, 0.29) is 6.08 Å². The highest BCUT2D eigenvalue weighted by molar-refractivity contribution is 7.87. The van der Waals surface area contributed by atoms with E-state index in [1.807, 2.05) is 0 Å². The molecule has 0 aliphatic rings. The van der Waals surface area contributed by atoms with Crippen LogP contribution in [0.3, 0.4) is 0 Å². The van der Waals surface area contributed by atoms with Crippen LogP contribution in [0, 0.1) is 0 Å². The van der Waals surface area contributed by atoms with Crippen LogP contribution < -0.4 is 5.32 Å². The molecule has 8 nitrogen and oxygen atoms in total. The van der Waals surface area contributed by atoms with Crippen molar-refractivity contribution in [3.63, 3.8) is 0 Å². The number of rotatable bonds is 10. The number of amides is 1. The van der Waals surface area contributed by atoms with Gasteiger partial charge in [-0.25, -0.2) is 4.79 Å². The van der Waals surface area contributed by atoms with Crippen molar-refractivity contribution >= 4 is 22.0 Å². The summed E-state index contributed by atoms with van der Waals surface area (Å²) in [5.41, 5.74) is 0. The maximum absolute atomic E-state index is 13.4. The van der Waals surface area contributed by atoms with Gasteiger partial charge in [-0.2, -0.15) is 39.2 Å². The molecule has 1 unspecified atom stereocenters. The number of carbonyl (C=O) groups excluding carboxylic acids is 2. The fourth-order valence-corrected chi connectivity index (χ4v) is 2.01. The molecular formula is C12H14F7NO7S. The lowest BCUT2D eigenvalue weighted by molar-refractivity contribution is -0.349. The molecule has 0 heterocycles. The molecule has 0 saturated heterocycles. The molecule has 0 aliphatic heterocycles. The van der Waals surface area contributed by atoms with E-state index in [2.05, 4.69) is 16.1 Å². The summed E-state index contributed by atoms with van der Waals surface area (Å²) in [5, 5.41) is -4.52. The molecular weight excluding hydrogens is 435 g/mol. The van der Waals surface area contributed by atoms with Gasteiger partial charge in [-0.15, -0.1) is 0 Å². The number of nitrogens with one attached hydrogen (secondary N) is 1. The number of hydrogen-bond donors (Lipinski definition) is 2. The summed E-state index contributed by atoms with van der Waals surface area (Å²) < 4.78 is 129. The van der Waals surface area contributed by atoms with Crippen LogP contribution in [0.25, 0.3) is 0 Å². The van der Waals surface area contributed by atoms with Gasteiger partial charge < -0.3 is 14.8 Å². The van der Waals surface area contributed by atoms with E-state index in [1.54, 1.807) is 5.32 Å². The third kappa shape index (κ3) is 5.32. The summed E-state index contributed by atoms with van der Waals surface area (Å²) in [7, 11) is -6.64. The molecule has 0 rings (SSSR count). The first-order valence-corrected chi connectivity index (χ1v) is 8.40. The van der Waals surface area contributed by atoms with E-state index < -0.39 is 64.7 Å². The fraction of sp³-hybridized carbons (Fsp3) is 0.667. The van der Waals surface area contributed by atoms with Crippen LogP contribution in [0.4, 0.5) is 30.7 Å². The minimum Gasteiger partial charge on any atom is -0.412 e. The highest BCUT2D eigenvalue weighted by atomic mass is 32.2. The summed E-state index contributed by atoms with van der Waals surface area (Å²) in [4.78, 5) is 22.9. The van der Waals surface area contributed by atoms with E-state index >= 15 is 0 Å². The Balaban J connectivity index is 5.83. The van der Waals surface area contributed by atoms with Gasteiger partial charge in [-0.05, 0) is 6.92 Å². The second-order valence-corrected chi connectivity index (χ2v) is 6.36. The average molecular weight is 449 g/mol. The second-order valence-electron chi connectivity index (χ2n) is 4.89. The molecule has 0 radical (unpaired) electrons. The maximum atomic E-state index is 13.4. The van der Waals surface area contributed by atoms with Crippen molar-refractivity contribution in [1.82, 2.24) is 5.32 Å². The summed E-state index contributed by atoms with van der Waals surface area (Å²) >= 11 is 0. The van der Waals surface area contributed by atoms with Crippen LogP contribution in [0.1, 0.15) is 13.3 Å². The smallest absolute Gasteiger partial charge is 0.412 e. The first-order chi connectivity index (χ1) is 12.4. The molecule has 1 atom stereocenters. The third-order valence-corrected chi connectivity index (χ3v) is 3.84. The Labute approximate surface area is 153 Å². The van der Waals surface area contributed by atoms with Crippen LogP contribution in [0.5, 0.6) is 0 Å². The van der Waals surface area contributed by atoms with E-state index in [0.717, 1.165) is 6.92 Å². The van der Waals surface area contributed by atoms with Crippen LogP contribution in [-0.2, 0) is 29.2 Å². The Hall–Kier alpha value is -1.94. The lowest BCUT2D eigenvalue weighted by atomic mass is 10.2. The molecule has 0 aromatic carbocycles. The number of esters is 1. The number of ether oxygens (including phenoxy) is 2. The maximum Gasteiger partial charge on any atom is 0.466 e. The summed E-state index contributed by atoms with van der Waals surface area (Å²) in [6.45, 7) is 1.39. The molecule has 0 fully saturated rings. The Morgan fingerprint density at radius 1 is 1.14 bits per heavy atom. The molecule has 0 aromatic rings. The largest absolute Gasteiger partial charge is 0.466 e. The Kier molecular flexibility index (Phi) is 8.01. The predicted octanol–water partition coefficient (Wildman–Crippen LogP) is 1.63. The van der Waals surface area contributed by atoms with Gasteiger partial charge in [0.25, 0.3) is 0 Å². The summed E-state index contributed by atoms with van der Waals surface area (Å²) in [6.07, 6.45) is -8.11. The van der Waals surface area contributed by atoms with E-state index in [0.29, 0.717) is 0 Å². The summed E-state index contributed by atoms with van der Waals surface area (Å²) in [5.74, 6) is -14.2. The van der Waals surface area contributed by atoms with E-state index in [1.165, 1.54) is 0 Å². The Morgan fingerprint density at radius 2 is 1.64 bits per heavy atom. The monoisotopic (exact) mass is 449 g/mol. The van der Waals surface area contributed by atoms with Gasteiger partial charge in [0.1, 0.15) is 0 Å². The van der Waals surface area contributed by atoms with Crippen molar-refractivity contribution in [3.8, 4) is 0 Å². The first-order valence-electron chi connectivity index (χ1n) is 6.96. The zero-order chi connectivity index (χ0) is 22.6. The van der Waals surface area contributed by atoms with Gasteiger partial charge in [0, 0.05) is 19.0 Å². The van der Waals surface area contributed by atoms with Crippen molar-refractivity contribution in [2.45, 2.75) is 36.5 Å². The number of alkyl halides is 7. The Bertz CT molecular complexity index is 708. The van der Waals surface area contributed by atoms with Crippen molar-refractivity contribution < 1.29 is 62.8 Å². The second kappa shape index (κ2) is 8.60. The lowest BCUT2D eigenvalue weighted by Gasteiger charge is -2.33. The quantitative estimate of drug-likeness (QED) is 0.171. The molecule has 16 heteroatoms. The highest BCUT2D eigenvalue weighted by Crippen LogP contribution is 2.42. The predicted molar refractivity (Wildman–Crippen MR) is 75.8 cm³/mol. The number of hydrogen-bond acceptors (Lipinski definition) is 6. The zero-order valence-corrected chi connectivity index (χ0v) is 14.7. The van der Waals surface area contributed by atoms with Crippen LogP contribution in [0.15, 0.2) is 12.7 Å². The van der Waals surface area contributed by atoms with Crippen molar-refractivity contribution in [2.24, 2.45) is 0 Å².